The number of alkyl halides is 3. The first-order chi connectivity index (χ1) is 17.4. The van der Waals surface area contributed by atoms with Gasteiger partial charge in [0.2, 0.25) is 11.8 Å². The number of ketones is 1. The highest BCUT2D eigenvalue weighted by molar-refractivity contribution is 6.02. The van der Waals surface area contributed by atoms with E-state index in [2.05, 4.69) is 20.4 Å². The van der Waals surface area contributed by atoms with Gasteiger partial charge in [-0.05, 0) is 43.4 Å². The number of H-pyrrole nitrogens is 1. The van der Waals surface area contributed by atoms with Crippen molar-refractivity contribution >= 4 is 34.5 Å². The Morgan fingerprint density at radius 1 is 1.22 bits per heavy atom. The molecule has 1 saturated heterocycles. The van der Waals surface area contributed by atoms with E-state index in [4.69, 9.17) is 4.74 Å². The van der Waals surface area contributed by atoms with Crippen LogP contribution in [-0.2, 0) is 19.1 Å². The van der Waals surface area contributed by atoms with E-state index in [1.807, 2.05) is 13.8 Å². The highest BCUT2D eigenvalue weighted by atomic mass is 19.4. The molecular weight excluding hydrogens is 495 g/mol. The first-order valence-electron chi connectivity index (χ1n) is 11.9. The van der Waals surface area contributed by atoms with E-state index in [9.17, 15) is 32.3 Å². The van der Waals surface area contributed by atoms with E-state index in [1.54, 1.807) is 0 Å². The van der Waals surface area contributed by atoms with Crippen molar-refractivity contribution in [1.29, 1.82) is 0 Å². The fourth-order valence-corrected chi connectivity index (χ4v) is 4.48. The van der Waals surface area contributed by atoms with Crippen molar-refractivity contribution in [2.45, 2.75) is 51.9 Å². The molecule has 202 valence electrons. The molecule has 2 aromatic rings. The predicted molar refractivity (Wildman–Crippen MR) is 127 cm³/mol. The molecule has 1 aromatic carbocycles. The van der Waals surface area contributed by atoms with E-state index in [0.29, 0.717) is 19.4 Å². The number of fused-ring (bicyclic) bond motifs is 1. The highest BCUT2D eigenvalue weighted by Crippen LogP contribution is 2.32. The number of amides is 2. The van der Waals surface area contributed by atoms with Crippen LogP contribution in [0.3, 0.4) is 0 Å². The van der Waals surface area contributed by atoms with Crippen molar-refractivity contribution in [1.82, 2.24) is 15.6 Å². The third kappa shape index (κ3) is 7.46. The molecule has 0 aliphatic carbocycles. The Balaban J connectivity index is 1.77. The zero-order valence-corrected chi connectivity index (χ0v) is 20.7. The maximum Gasteiger partial charge on any atom is 0.573 e. The standard InChI is InChI=1S/C25H30F3N3O6/c1-13(2)9-15(23(34)31-19(24(35)36-3)10-14-7-8-29-22(14)33)11-20(32)18-12-16-17(30-18)5-4-6-21(16)37-25(26,27)28/h4-6,12-15,19,30H,7-11H2,1-3H3,(H,29,33)(H,31,34)/t14-,15+,19-/m0/s1. The second-order valence-corrected chi connectivity index (χ2v) is 9.50. The average Bonchev–Trinajstić information content (AvgIpc) is 3.43. The average molecular weight is 526 g/mol. The third-order valence-corrected chi connectivity index (χ3v) is 6.19. The normalized spacial score (nSPS) is 17.4. The summed E-state index contributed by atoms with van der Waals surface area (Å²) in [5.74, 6) is -3.64. The topological polar surface area (TPSA) is 127 Å². The van der Waals surface area contributed by atoms with E-state index in [-0.39, 0.29) is 41.3 Å². The van der Waals surface area contributed by atoms with Gasteiger partial charge in [-0.3, -0.25) is 14.4 Å². The number of esters is 1. The number of rotatable bonds is 11. The van der Waals surface area contributed by atoms with E-state index >= 15 is 0 Å². The first-order valence-corrected chi connectivity index (χ1v) is 11.9. The molecule has 2 heterocycles. The van der Waals surface area contributed by atoms with Crippen molar-refractivity contribution < 1.29 is 41.8 Å². The van der Waals surface area contributed by atoms with E-state index < -0.39 is 47.6 Å². The quantitative estimate of drug-likeness (QED) is 0.305. The molecule has 3 N–H and O–H groups in total. The van der Waals surface area contributed by atoms with Crippen molar-refractivity contribution in [3.05, 3.63) is 30.0 Å². The summed E-state index contributed by atoms with van der Waals surface area (Å²) in [6.07, 6.45) is -4.24. The maximum atomic E-state index is 13.2. The Labute approximate surface area is 211 Å². The SMILES string of the molecule is COC(=O)[C@H](C[C@@H]1CCNC1=O)NC(=O)[C@@H](CC(=O)c1cc2c(OC(F)(F)F)cccc2[nH]1)CC(C)C. The lowest BCUT2D eigenvalue weighted by Gasteiger charge is -2.23. The fraction of sp³-hybridized carbons (Fsp3) is 0.520. The molecule has 1 aliphatic heterocycles. The monoisotopic (exact) mass is 525 g/mol. The van der Waals surface area contributed by atoms with Crippen LogP contribution in [0.5, 0.6) is 5.75 Å². The van der Waals surface area contributed by atoms with Crippen LogP contribution in [0.25, 0.3) is 10.9 Å². The van der Waals surface area contributed by atoms with Gasteiger partial charge >= 0.3 is 12.3 Å². The molecule has 0 spiro atoms. The molecule has 3 atom stereocenters. The summed E-state index contributed by atoms with van der Waals surface area (Å²) in [5, 5.41) is 5.40. The minimum Gasteiger partial charge on any atom is -0.467 e. The lowest BCUT2D eigenvalue weighted by molar-refractivity contribution is -0.274. The lowest BCUT2D eigenvalue weighted by Crippen LogP contribution is -2.46. The molecular formula is C25H30F3N3O6. The Kier molecular flexibility index (Phi) is 8.82. The van der Waals surface area contributed by atoms with Gasteiger partial charge in [-0.1, -0.05) is 19.9 Å². The number of hydrogen-bond acceptors (Lipinski definition) is 6. The van der Waals surface area contributed by atoms with Gasteiger partial charge < -0.3 is 25.1 Å². The van der Waals surface area contributed by atoms with Gasteiger partial charge in [0.15, 0.2) is 5.78 Å². The van der Waals surface area contributed by atoms with Gasteiger partial charge in [0.1, 0.15) is 11.8 Å². The maximum absolute atomic E-state index is 13.2. The molecule has 0 radical (unpaired) electrons. The smallest absolute Gasteiger partial charge is 0.467 e. The molecule has 3 rings (SSSR count). The summed E-state index contributed by atoms with van der Waals surface area (Å²) in [6, 6.07) is 4.21. The molecule has 0 unspecified atom stereocenters. The van der Waals surface area contributed by atoms with Crippen molar-refractivity contribution in [3.8, 4) is 5.75 Å². The Hall–Kier alpha value is -3.57. The molecule has 1 aromatic heterocycles. The number of benzene rings is 1. The van der Waals surface area contributed by atoms with Crippen LogP contribution in [-0.4, -0.2) is 54.6 Å². The first kappa shape index (κ1) is 28.0. The Morgan fingerprint density at radius 2 is 1.95 bits per heavy atom. The number of aromatic amines is 1. The molecule has 9 nitrogen and oxygen atoms in total. The zero-order valence-electron chi connectivity index (χ0n) is 20.7. The van der Waals surface area contributed by atoms with Crippen LogP contribution < -0.4 is 15.4 Å². The van der Waals surface area contributed by atoms with Crippen molar-refractivity contribution in [3.63, 3.8) is 0 Å². The van der Waals surface area contributed by atoms with Crippen molar-refractivity contribution in [2.24, 2.45) is 17.8 Å². The Morgan fingerprint density at radius 3 is 2.54 bits per heavy atom. The minimum absolute atomic E-state index is 0.0234. The van der Waals surface area contributed by atoms with Crippen LogP contribution in [0.2, 0.25) is 0 Å². The number of carbonyl (C=O) groups excluding carboxylic acids is 4. The van der Waals surface area contributed by atoms with Gasteiger partial charge in [-0.2, -0.15) is 0 Å². The van der Waals surface area contributed by atoms with Crippen LogP contribution >= 0.6 is 0 Å². The summed E-state index contributed by atoms with van der Waals surface area (Å²) in [5.41, 5.74) is 0.303. The van der Waals surface area contributed by atoms with Gasteiger partial charge in [0.05, 0.1) is 12.8 Å². The second-order valence-electron chi connectivity index (χ2n) is 9.50. The number of nitrogens with one attached hydrogen (secondary N) is 3. The molecule has 12 heteroatoms. The van der Waals surface area contributed by atoms with Gasteiger partial charge in [0, 0.05) is 35.7 Å². The fourth-order valence-electron chi connectivity index (χ4n) is 4.48. The molecule has 1 aliphatic rings. The van der Waals surface area contributed by atoms with E-state index in [1.165, 1.54) is 25.3 Å². The molecule has 0 saturated carbocycles. The number of halogens is 3. The Bertz CT molecular complexity index is 1160. The number of hydrogen-bond donors (Lipinski definition) is 3. The summed E-state index contributed by atoms with van der Waals surface area (Å²) in [4.78, 5) is 53.4. The van der Waals surface area contributed by atoms with Gasteiger partial charge in [-0.15, -0.1) is 13.2 Å². The zero-order chi connectivity index (χ0) is 27.3. The molecule has 0 bridgehead atoms. The van der Waals surface area contributed by atoms with E-state index in [0.717, 1.165) is 6.07 Å². The van der Waals surface area contributed by atoms with Crippen molar-refractivity contribution in [2.75, 3.05) is 13.7 Å². The summed E-state index contributed by atoms with van der Waals surface area (Å²) in [6.45, 7) is 4.22. The summed E-state index contributed by atoms with van der Waals surface area (Å²) >= 11 is 0. The number of ether oxygens (including phenoxy) is 2. The second kappa shape index (κ2) is 11.7. The number of aromatic nitrogens is 1. The molecule has 1 fully saturated rings. The largest absolute Gasteiger partial charge is 0.573 e. The summed E-state index contributed by atoms with van der Waals surface area (Å²) in [7, 11) is 1.18. The number of Topliss-reactive ketones (excluding diaryl/α,β-unsaturated/α-hetero) is 1. The summed E-state index contributed by atoms with van der Waals surface area (Å²) < 4.78 is 47.1. The molecule has 37 heavy (non-hydrogen) atoms. The predicted octanol–water partition coefficient (Wildman–Crippen LogP) is 3.49. The third-order valence-electron chi connectivity index (χ3n) is 6.19. The lowest BCUT2D eigenvalue weighted by atomic mass is 9.90. The molecule has 2 amide bonds. The van der Waals surface area contributed by atoms with Crippen LogP contribution in [0, 0.1) is 17.8 Å². The number of carbonyl (C=O) groups is 4. The van der Waals surface area contributed by atoms with Crippen LogP contribution in [0.15, 0.2) is 24.3 Å². The minimum atomic E-state index is -4.90. The number of methoxy groups -OCH3 is 1. The van der Waals surface area contributed by atoms with Crippen LogP contribution in [0.4, 0.5) is 13.2 Å². The van der Waals surface area contributed by atoms with Gasteiger partial charge in [0.25, 0.3) is 0 Å². The highest BCUT2D eigenvalue weighted by Gasteiger charge is 2.35. The van der Waals surface area contributed by atoms with Crippen LogP contribution in [0.1, 0.15) is 50.0 Å². The van der Waals surface area contributed by atoms with Gasteiger partial charge in [-0.25, -0.2) is 4.79 Å².